The molecular formula is C14H19N3O3S. The summed E-state index contributed by atoms with van der Waals surface area (Å²) in [5.74, 6) is 0.0907. The van der Waals surface area contributed by atoms with Gasteiger partial charge < -0.3 is 10.6 Å². The minimum absolute atomic E-state index is 0.0380. The third-order valence-corrected chi connectivity index (χ3v) is 5.86. The standard InChI is InChI=1S/C14H19N3O3S/c15-12-5-7-16(10-12)14(18)11-3-1-4-13(9-11)17-6-2-8-21(17,19)20/h1,3-4,9,12H,2,5-8,10,15H2/t12-/m1/s1. The van der Waals surface area contributed by atoms with E-state index in [-0.39, 0.29) is 17.7 Å². The van der Waals surface area contributed by atoms with Crippen LogP contribution in [0.3, 0.4) is 0 Å². The Morgan fingerprint density at radius 3 is 2.71 bits per heavy atom. The van der Waals surface area contributed by atoms with Gasteiger partial charge in [0.15, 0.2) is 0 Å². The van der Waals surface area contributed by atoms with E-state index in [9.17, 15) is 13.2 Å². The van der Waals surface area contributed by atoms with Gasteiger partial charge in [0.05, 0.1) is 11.4 Å². The molecule has 0 radical (unpaired) electrons. The Labute approximate surface area is 124 Å². The van der Waals surface area contributed by atoms with Crippen LogP contribution >= 0.6 is 0 Å². The van der Waals surface area contributed by atoms with Crippen molar-refractivity contribution in [3.05, 3.63) is 29.8 Å². The second-order valence-electron chi connectivity index (χ2n) is 5.59. The number of hydrogen-bond donors (Lipinski definition) is 1. The van der Waals surface area contributed by atoms with Crippen LogP contribution in [-0.4, -0.2) is 50.7 Å². The molecule has 2 saturated heterocycles. The van der Waals surface area contributed by atoms with E-state index < -0.39 is 10.0 Å². The van der Waals surface area contributed by atoms with Crippen LogP contribution in [0.4, 0.5) is 5.69 Å². The molecule has 2 N–H and O–H groups in total. The summed E-state index contributed by atoms with van der Waals surface area (Å²) in [6.07, 6.45) is 1.44. The highest BCUT2D eigenvalue weighted by Crippen LogP contribution is 2.25. The third-order valence-electron chi connectivity index (χ3n) is 3.99. The first kappa shape index (κ1) is 14.3. The average Bonchev–Trinajstić information content (AvgIpc) is 3.03. The van der Waals surface area contributed by atoms with Gasteiger partial charge in [-0.15, -0.1) is 0 Å². The fraction of sp³-hybridized carbons (Fsp3) is 0.500. The van der Waals surface area contributed by atoms with E-state index in [1.807, 2.05) is 0 Å². The summed E-state index contributed by atoms with van der Waals surface area (Å²) in [5, 5.41) is 0. The van der Waals surface area contributed by atoms with Crippen molar-refractivity contribution in [1.82, 2.24) is 4.90 Å². The summed E-state index contributed by atoms with van der Waals surface area (Å²) in [6, 6.07) is 6.88. The zero-order chi connectivity index (χ0) is 15.0. The number of carbonyl (C=O) groups excluding carboxylic acids is 1. The van der Waals surface area contributed by atoms with Crippen molar-refractivity contribution in [2.75, 3.05) is 29.7 Å². The largest absolute Gasteiger partial charge is 0.337 e. The van der Waals surface area contributed by atoms with E-state index in [2.05, 4.69) is 0 Å². The first-order valence-corrected chi connectivity index (χ1v) is 8.73. The molecular weight excluding hydrogens is 290 g/mol. The summed E-state index contributed by atoms with van der Waals surface area (Å²) >= 11 is 0. The van der Waals surface area contributed by atoms with Crippen LogP contribution in [0.15, 0.2) is 24.3 Å². The lowest BCUT2D eigenvalue weighted by molar-refractivity contribution is 0.0791. The molecule has 1 aromatic carbocycles. The number of anilines is 1. The molecule has 21 heavy (non-hydrogen) atoms. The van der Waals surface area contributed by atoms with E-state index in [0.29, 0.717) is 37.3 Å². The fourth-order valence-corrected chi connectivity index (χ4v) is 4.43. The molecule has 0 spiro atoms. The lowest BCUT2D eigenvalue weighted by Gasteiger charge is -2.19. The molecule has 2 aliphatic heterocycles. The van der Waals surface area contributed by atoms with Crippen molar-refractivity contribution in [1.29, 1.82) is 0 Å². The van der Waals surface area contributed by atoms with Gasteiger partial charge in [-0.25, -0.2) is 8.42 Å². The van der Waals surface area contributed by atoms with Gasteiger partial charge in [0.1, 0.15) is 0 Å². The van der Waals surface area contributed by atoms with Crippen molar-refractivity contribution in [3.8, 4) is 0 Å². The van der Waals surface area contributed by atoms with E-state index in [1.165, 1.54) is 4.31 Å². The van der Waals surface area contributed by atoms with Crippen LogP contribution in [-0.2, 0) is 10.0 Å². The Morgan fingerprint density at radius 1 is 1.29 bits per heavy atom. The van der Waals surface area contributed by atoms with Gasteiger partial charge in [-0.05, 0) is 31.0 Å². The Bertz CT molecular complexity index is 659. The molecule has 0 saturated carbocycles. The van der Waals surface area contributed by atoms with Gasteiger partial charge in [0.25, 0.3) is 5.91 Å². The summed E-state index contributed by atoms with van der Waals surface area (Å²) in [7, 11) is -3.22. The van der Waals surface area contributed by atoms with Crippen LogP contribution in [0.2, 0.25) is 0 Å². The molecule has 3 rings (SSSR count). The Balaban J connectivity index is 1.85. The highest BCUT2D eigenvalue weighted by Gasteiger charge is 2.29. The Kier molecular flexibility index (Phi) is 3.62. The molecule has 114 valence electrons. The maximum Gasteiger partial charge on any atom is 0.253 e. The smallest absolute Gasteiger partial charge is 0.253 e. The summed E-state index contributed by atoms with van der Waals surface area (Å²) < 4.78 is 25.3. The zero-order valence-electron chi connectivity index (χ0n) is 11.7. The molecule has 2 fully saturated rings. The maximum atomic E-state index is 12.4. The highest BCUT2D eigenvalue weighted by molar-refractivity contribution is 7.93. The minimum atomic E-state index is -3.22. The van der Waals surface area contributed by atoms with Gasteiger partial charge in [-0.3, -0.25) is 9.10 Å². The second-order valence-corrected chi connectivity index (χ2v) is 7.60. The van der Waals surface area contributed by atoms with Crippen LogP contribution < -0.4 is 10.0 Å². The van der Waals surface area contributed by atoms with Gasteiger partial charge in [-0.2, -0.15) is 0 Å². The molecule has 0 unspecified atom stereocenters. The lowest BCUT2D eigenvalue weighted by Crippen LogP contribution is -2.32. The van der Waals surface area contributed by atoms with Gasteiger partial charge >= 0.3 is 0 Å². The fourth-order valence-electron chi connectivity index (χ4n) is 2.88. The van der Waals surface area contributed by atoms with Crippen LogP contribution in [0.25, 0.3) is 0 Å². The Hall–Kier alpha value is -1.60. The molecule has 7 heteroatoms. The van der Waals surface area contributed by atoms with Crippen molar-refractivity contribution in [2.24, 2.45) is 5.73 Å². The second kappa shape index (κ2) is 5.31. The lowest BCUT2D eigenvalue weighted by atomic mass is 10.1. The Morgan fingerprint density at radius 2 is 2.10 bits per heavy atom. The van der Waals surface area contributed by atoms with Crippen LogP contribution in [0, 0.1) is 0 Å². The molecule has 2 aliphatic rings. The number of amides is 1. The van der Waals surface area contributed by atoms with Crippen LogP contribution in [0.5, 0.6) is 0 Å². The van der Waals surface area contributed by atoms with Gasteiger partial charge in [0.2, 0.25) is 10.0 Å². The number of likely N-dealkylation sites (tertiary alicyclic amines) is 1. The molecule has 1 amide bonds. The number of hydrogen-bond acceptors (Lipinski definition) is 4. The van der Waals surface area contributed by atoms with E-state index >= 15 is 0 Å². The van der Waals surface area contributed by atoms with E-state index in [0.717, 1.165) is 6.42 Å². The monoisotopic (exact) mass is 309 g/mol. The normalized spacial score (nSPS) is 24.5. The van der Waals surface area contributed by atoms with Crippen LogP contribution in [0.1, 0.15) is 23.2 Å². The molecule has 2 heterocycles. The number of nitrogens with two attached hydrogens (primary N) is 1. The van der Waals surface area contributed by atoms with Gasteiger partial charge in [0, 0.05) is 31.2 Å². The number of benzene rings is 1. The maximum absolute atomic E-state index is 12.4. The van der Waals surface area contributed by atoms with Crippen molar-refractivity contribution in [2.45, 2.75) is 18.9 Å². The predicted molar refractivity (Wildman–Crippen MR) is 80.7 cm³/mol. The zero-order valence-corrected chi connectivity index (χ0v) is 12.6. The molecule has 6 nitrogen and oxygen atoms in total. The molecule has 0 bridgehead atoms. The SMILES string of the molecule is N[C@@H]1CCN(C(=O)c2cccc(N3CCCS3(=O)=O)c2)C1. The van der Waals surface area contributed by atoms with Crippen molar-refractivity contribution >= 4 is 21.6 Å². The molecule has 1 atom stereocenters. The van der Waals surface area contributed by atoms with E-state index in [1.54, 1.807) is 29.2 Å². The molecule has 0 aromatic heterocycles. The first-order valence-electron chi connectivity index (χ1n) is 7.13. The summed E-state index contributed by atoms with van der Waals surface area (Å²) in [5.41, 5.74) is 6.91. The quantitative estimate of drug-likeness (QED) is 0.857. The number of carbonyl (C=O) groups is 1. The van der Waals surface area contributed by atoms with Crippen molar-refractivity contribution < 1.29 is 13.2 Å². The summed E-state index contributed by atoms with van der Waals surface area (Å²) in [6.45, 7) is 1.70. The number of sulfonamides is 1. The predicted octanol–water partition coefficient (Wildman–Crippen LogP) is 0.400. The third kappa shape index (κ3) is 2.75. The van der Waals surface area contributed by atoms with Crippen molar-refractivity contribution in [3.63, 3.8) is 0 Å². The number of nitrogens with zero attached hydrogens (tertiary/aromatic N) is 2. The first-order chi connectivity index (χ1) is 9.97. The molecule has 0 aliphatic carbocycles. The number of rotatable bonds is 2. The average molecular weight is 309 g/mol. The summed E-state index contributed by atoms with van der Waals surface area (Å²) in [4.78, 5) is 14.1. The highest BCUT2D eigenvalue weighted by atomic mass is 32.2. The van der Waals surface area contributed by atoms with E-state index in [4.69, 9.17) is 5.73 Å². The topological polar surface area (TPSA) is 83.7 Å². The van der Waals surface area contributed by atoms with Gasteiger partial charge in [-0.1, -0.05) is 6.07 Å². The molecule has 1 aromatic rings. The minimum Gasteiger partial charge on any atom is -0.337 e.